The van der Waals surface area contributed by atoms with E-state index in [0.29, 0.717) is 0 Å². The maximum Gasteiger partial charge on any atom is 0.207 e. The van der Waals surface area contributed by atoms with Crippen LogP contribution in [-0.4, -0.2) is 35.9 Å². The Balaban J connectivity index is 1.71. The number of aryl methyl sites for hydroxylation is 2. The zero-order chi connectivity index (χ0) is 13.9. The molecule has 1 aliphatic rings. The average molecular weight is 272 g/mol. The summed E-state index contributed by atoms with van der Waals surface area (Å²) in [4.78, 5) is 6.79. The summed E-state index contributed by atoms with van der Waals surface area (Å²) in [6.45, 7) is 5.54. The molecule has 2 aromatic rings. The van der Waals surface area contributed by atoms with Crippen LogP contribution in [0.15, 0.2) is 30.5 Å². The minimum atomic E-state index is 0.812. The molecule has 0 amide bonds. The Hall–Kier alpha value is -2.01. The third-order valence-electron chi connectivity index (χ3n) is 3.50. The Morgan fingerprint density at radius 3 is 2.45 bits per heavy atom. The number of ether oxygens (including phenoxy) is 1. The van der Waals surface area contributed by atoms with Gasteiger partial charge in [-0.2, -0.15) is 0 Å². The number of anilines is 3. The highest BCUT2D eigenvalue weighted by molar-refractivity contribution is 5.59. The second kappa shape index (κ2) is 5.54. The van der Waals surface area contributed by atoms with E-state index in [-0.39, 0.29) is 0 Å². The van der Waals surface area contributed by atoms with Gasteiger partial charge in [-0.1, -0.05) is 0 Å². The number of aromatic nitrogens is 2. The van der Waals surface area contributed by atoms with Crippen LogP contribution in [0.1, 0.15) is 5.69 Å². The maximum absolute atomic E-state index is 5.37. The van der Waals surface area contributed by atoms with Gasteiger partial charge in [0.25, 0.3) is 0 Å². The molecule has 1 aliphatic heterocycles. The zero-order valence-electron chi connectivity index (χ0n) is 12.0. The first kappa shape index (κ1) is 13.0. The third kappa shape index (κ3) is 2.77. The van der Waals surface area contributed by atoms with Gasteiger partial charge in [0.15, 0.2) is 0 Å². The Morgan fingerprint density at radius 1 is 1.15 bits per heavy atom. The molecule has 1 N–H and O–H groups in total. The molecule has 0 bridgehead atoms. The van der Waals surface area contributed by atoms with Gasteiger partial charge >= 0.3 is 0 Å². The topological polar surface area (TPSA) is 42.3 Å². The first-order chi connectivity index (χ1) is 9.72. The van der Waals surface area contributed by atoms with Crippen LogP contribution in [0.25, 0.3) is 0 Å². The monoisotopic (exact) mass is 272 g/mol. The van der Waals surface area contributed by atoms with Crippen molar-refractivity contribution in [2.75, 3.05) is 36.5 Å². The molecular formula is C15H20N4O. The van der Waals surface area contributed by atoms with Crippen LogP contribution < -0.4 is 10.2 Å². The fraction of sp³-hybridized carbons (Fsp3) is 0.400. The maximum atomic E-state index is 5.37. The van der Waals surface area contributed by atoms with Crippen LogP contribution in [-0.2, 0) is 11.8 Å². The molecule has 1 saturated heterocycles. The van der Waals surface area contributed by atoms with Crippen molar-refractivity contribution in [3.63, 3.8) is 0 Å². The summed E-state index contributed by atoms with van der Waals surface area (Å²) in [5.41, 5.74) is 3.31. The number of morpholine rings is 1. The molecule has 0 radical (unpaired) electrons. The third-order valence-corrected chi connectivity index (χ3v) is 3.50. The number of nitrogens with one attached hydrogen (secondary N) is 1. The van der Waals surface area contributed by atoms with Crippen LogP contribution in [0.2, 0.25) is 0 Å². The molecule has 5 nitrogen and oxygen atoms in total. The Bertz CT molecular complexity index is 570. The van der Waals surface area contributed by atoms with Gasteiger partial charge in [0.05, 0.1) is 18.9 Å². The average Bonchev–Trinajstić information content (AvgIpc) is 2.79. The molecule has 1 aromatic heterocycles. The van der Waals surface area contributed by atoms with E-state index in [1.54, 1.807) is 0 Å². The quantitative estimate of drug-likeness (QED) is 0.931. The predicted octanol–water partition coefficient (Wildman–Crippen LogP) is 2.31. The largest absolute Gasteiger partial charge is 0.378 e. The normalized spacial score (nSPS) is 15.4. The first-order valence-corrected chi connectivity index (χ1v) is 6.92. The van der Waals surface area contributed by atoms with Crippen molar-refractivity contribution >= 4 is 17.3 Å². The van der Waals surface area contributed by atoms with E-state index in [1.165, 1.54) is 5.69 Å². The molecule has 1 aromatic carbocycles. The molecule has 106 valence electrons. The Kier molecular flexibility index (Phi) is 3.60. The molecular weight excluding hydrogens is 252 g/mol. The minimum Gasteiger partial charge on any atom is -0.378 e. The Labute approximate surface area is 119 Å². The fourth-order valence-electron chi connectivity index (χ4n) is 2.44. The molecule has 20 heavy (non-hydrogen) atoms. The molecule has 0 unspecified atom stereocenters. The molecule has 2 heterocycles. The van der Waals surface area contributed by atoms with Gasteiger partial charge in [0.1, 0.15) is 0 Å². The predicted molar refractivity (Wildman–Crippen MR) is 80.7 cm³/mol. The number of imidazole rings is 1. The van der Waals surface area contributed by atoms with Crippen molar-refractivity contribution in [2.45, 2.75) is 6.92 Å². The second-order valence-corrected chi connectivity index (χ2v) is 5.09. The van der Waals surface area contributed by atoms with Crippen LogP contribution in [0.3, 0.4) is 0 Å². The molecule has 0 spiro atoms. The first-order valence-electron chi connectivity index (χ1n) is 6.92. The van der Waals surface area contributed by atoms with Crippen molar-refractivity contribution in [1.29, 1.82) is 0 Å². The highest BCUT2D eigenvalue weighted by Gasteiger charge is 2.11. The summed E-state index contributed by atoms with van der Waals surface area (Å²) in [5, 5.41) is 3.33. The van der Waals surface area contributed by atoms with Crippen LogP contribution in [0.4, 0.5) is 17.3 Å². The number of hydrogen-bond acceptors (Lipinski definition) is 4. The number of hydrogen-bond donors (Lipinski definition) is 1. The van der Waals surface area contributed by atoms with Gasteiger partial charge in [-0.25, -0.2) is 4.98 Å². The van der Waals surface area contributed by atoms with Crippen LogP contribution in [0.5, 0.6) is 0 Å². The highest BCUT2D eigenvalue weighted by atomic mass is 16.5. The van der Waals surface area contributed by atoms with Gasteiger partial charge in [-0.15, -0.1) is 0 Å². The van der Waals surface area contributed by atoms with Gasteiger partial charge in [0.2, 0.25) is 5.95 Å². The van der Waals surface area contributed by atoms with Crippen molar-refractivity contribution in [1.82, 2.24) is 9.55 Å². The number of rotatable bonds is 3. The van der Waals surface area contributed by atoms with E-state index in [0.717, 1.165) is 43.6 Å². The van der Waals surface area contributed by atoms with Crippen molar-refractivity contribution in [3.05, 3.63) is 36.2 Å². The fourth-order valence-corrected chi connectivity index (χ4v) is 2.44. The van der Waals surface area contributed by atoms with E-state index >= 15 is 0 Å². The van der Waals surface area contributed by atoms with Gasteiger partial charge in [-0.3, -0.25) is 0 Å². The molecule has 0 atom stereocenters. The van der Waals surface area contributed by atoms with Gasteiger partial charge < -0.3 is 19.5 Å². The summed E-state index contributed by atoms with van der Waals surface area (Å²) in [7, 11) is 1.99. The lowest BCUT2D eigenvalue weighted by Gasteiger charge is -2.28. The summed E-state index contributed by atoms with van der Waals surface area (Å²) in [5.74, 6) is 0.863. The molecule has 3 rings (SSSR count). The molecule has 0 saturated carbocycles. The summed E-state index contributed by atoms with van der Waals surface area (Å²) in [6, 6.07) is 8.47. The van der Waals surface area contributed by atoms with E-state index < -0.39 is 0 Å². The van der Waals surface area contributed by atoms with Gasteiger partial charge in [-0.05, 0) is 31.2 Å². The molecule has 0 aliphatic carbocycles. The lowest BCUT2D eigenvalue weighted by Crippen LogP contribution is -2.36. The van der Waals surface area contributed by atoms with Crippen LogP contribution >= 0.6 is 0 Å². The summed E-state index contributed by atoms with van der Waals surface area (Å²) < 4.78 is 7.37. The SMILES string of the molecule is Cc1cn(C)c(Nc2ccc(N3CCOCC3)cc2)n1. The molecule has 1 fully saturated rings. The lowest BCUT2D eigenvalue weighted by atomic mass is 10.2. The summed E-state index contributed by atoms with van der Waals surface area (Å²) in [6.07, 6.45) is 2.00. The Morgan fingerprint density at radius 2 is 1.85 bits per heavy atom. The van der Waals surface area contributed by atoms with E-state index in [9.17, 15) is 0 Å². The number of benzene rings is 1. The standard InChI is InChI=1S/C15H20N4O/c1-12-11-18(2)15(16-12)17-13-3-5-14(6-4-13)19-7-9-20-10-8-19/h3-6,11H,7-10H2,1-2H3,(H,16,17). The van der Waals surface area contributed by atoms with Gasteiger partial charge in [0, 0.05) is 37.7 Å². The van der Waals surface area contributed by atoms with E-state index in [4.69, 9.17) is 4.74 Å². The van der Waals surface area contributed by atoms with Crippen molar-refractivity contribution in [3.8, 4) is 0 Å². The summed E-state index contributed by atoms with van der Waals surface area (Å²) >= 11 is 0. The zero-order valence-corrected chi connectivity index (χ0v) is 12.0. The van der Waals surface area contributed by atoms with E-state index in [1.807, 2.05) is 24.7 Å². The highest BCUT2D eigenvalue weighted by Crippen LogP contribution is 2.21. The number of nitrogens with zero attached hydrogens (tertiary/aromatic N) is 3. The van der Waals surface area contributed by atoms with E-state index in [2.05, 4.69) is 39.5 Å². The minimum absolute atomic E-state index is 0.812. The molecule has 5 heteroatoms. The smallest absolute Gasteiger partial charge is 0.207 e. The second-order valence-electron chi connectivity index (χ2n) is 5.09. The van der Waals surface area contributed by atoms with Crippen molar-refractivity contribution < 1.29 is 4.74 Å². The van der Waals surface area contributed by atoms with Crippen LogP contribution in [0, 0.1) is 6.92 Å². The lowest BCUT2D eigenvalue weighted by molar-refractivity contribution is 0.122. The van der Waals surface area contributed by atoms with Crippen molar-refractivity contribution in [2.24, 2.45) is 7.05 Å².